The number of morpholine rings is 1. The molecule has 1 aromatic carbocycles. The Kier molecular flexibility index (Phi) is 10.5. The van der Waals surface area contributed by atoms with Gasteiger partial charge in [0.25, 0.3) is 5.91 Å². The molecule has 10 nitrogen and oxygen atoms in total. The van der Waals surface area contributed by atoms with Gasteiger partial charge >= 0.3 is 0 Å². The highest BCUT2D eigenvalue weighted by atomic mass is 32.1. The zero-order chi connectivity index (χ0) is 32.4. The Morgan fingerprint density at radius 2 is 1.83 bits per heavy atom. The average Bonchev–Trinajstić information content (AvgIpc) is 3.44. The summed E-state index contributed by atoms with van der Waals surface area (Å²) in [5.74, 6) is -0.399. The number of rotatable bonds is 9. The first kappa shape index (κ1) is 33.5. The number of fused-ring (bicyclic) bond motifs is 2. The Bertz CT molecular complexity index is 1360. The lowest BCUT2D eigenvalue weighted by Gasteiger charge is -2.53. The summed E-state index contributed by atoms with van der Waals surface area (Å²) in [5, 5.41) is 18.7. The lowest BCUT2D eigenvalue weighted by atomic mass is 9.53. The van der Waals surface area contributed by atoms with Gasteiger partial charge in [-0.25, -0.2) is 4.98 Å². The van der Waals surface area contributed by atoms with Crippen molar-refractivity contribution < 1.29 is 34.1 Å². The number of aromatic nitrogens is 1. The maximum absolute atomic E-state index is 13.2. The van der Waals surface area contributed by atoms with Crippen LogP contribution in [0, 0.1) is 23.2 Å². The maximum atomic E-state index is 13.2. The fourth-order valence-corrected chi connectivity index (χ4v) is 9.93. The van der Waals surface area contributed by atoms with Gasteiger partial charge in [0.15, 0.2) is 5.13 Å². The van der Waals surface area contributed by atoms with Crippen LogP contribution in [0.1, 0.15) is 66.0 Å². The lowest BCUT2D eigenvalue weighted by molar-refractivity contribution is -1.01. The number of anilines is 1. The lowest BCUT2D eigenvalue weighted by Crippen LogP contribution is -3.26. The average molecular weight is 656 g/mol. The van der Waals surface area contributed by atoms with Crippen LogP contribution in [0.5, 0.6) is 0 Å². The number of nitrogens with one attached hydrogen (secondary N) is 5. The molecule has 2 saturated heterocycles. The molecule has 1 aromatic heterocycles. The molecule has 11 heteroatoms. The van der Waals surface area contributed by atoms with E-state index in [0.717, 1.165) is 64.3 Å². The zero-order valence-corrected chi connectivity index (χ0v) is 28.9. The first-order chi connectivity index (χ1) is 22.1. The van der Waals surface area contributed by atoms with Crippen molar-refractivity contribution in [3.8, 4) is 0 Å². The van der Waals surface area contributed by atoms with E-state index in [9.17, 15) is 14.7 Å². The molecular weight excluding hydrogens is 600 g/mol. The molecule has 6 N–H and O–H groups in total. The Hall–Kier alpha value is -2.41. The standard InChI is InChI=1S/C35H52N6O4S/c1-23(32(43)36-11-12-40-17-19-45-20-18-40)27-9-10-35(3)21-28-30(24(2)29(35)31(27)42)37-34(46-28)38-33(44)26-7-5-25(6-8-26)22-41-15-13-39(4)14-16-41/h5-8,23-24,27,29,31,42H,9-22H2,1-4H3,(H,36,43)(H,37,38,44)/p+3/t23-,24-,27+,29+,31-,35+/m0/s1. The Morgan fingerprint density at radius 1 is 1.11 bits per heavy atom. The highest BCUT2D eigenvalue weighted by Crippen LogP contribution is 2.57. The van der Waals surface area contributed by atoms with Crippen LogP contribution in [0.4, 0.5) is 5.13 Å². The Labute approximate surface area is 277 Å². The molecule has 2 aromatic rings. The van der Waals surface area contributed by atoms with Crippen LogP contribution < -0.4 is 25.3 Å². The van der Waals surface area contributed by atoms with E-state index in [1.165, 1.54) is 41.5 Å². The zero-order valence-electron chi connectivity index (χ0n) is 28.1. The highest BCUT2D eigenvalue weighted by molar-refractivity contribution is 7.15. The number of piperazine rings is 1. The summed E-state index contributed by atoms with van der Waals surface area (Å²) >= 11 is 1.57. The van der Waals surface area contributed by atoms with E-state index in [0.29, 0.717) is 17.2 Å². The summed E-state index contributed by atoms with van der Waals surface area (Å²) in [6.45, 7) is 17.3. The minimum atomic E-state index is -0.584. The van der Waals surface area contributed by atoms with E-state index in [1.807, 2.05) is 19.1 Å². The molecule has 252 valence electrons. The molecular formula is C35H55N6O4S+3. The molecule has 2 amide bonds. The van der Waals surface area contributed by atoms with Crippen LogP contribution in [0.2, 0.25) is 0 Å². The number of benzene rings is 1. The largest absolute Gasteiger partial charge is 0.392 e. The van der Waals surface area contributed by atoms with Crippen molar-refractivity contribution in [3.63, 3.8) is 0 Å². The number of hydrogen-bond donors (Lipinski definition) is 6. The van der Waals surface area contributed by atoms with Crippen LogP contribution in [0.15, 0.2) is 24.3 Å². The molecule has 3 fully saturated rings. The van der Waals surface area contributed by atoms with Crippen LogP contribution in [0.3, 0.4) is 0 Å². The maximum Gasteiger partial charge on any atom is 0.257 e. The second kappa shape index (κ2) is 14.4. The number of ether oxygens (including phenoxy) is 1. The SMILES string of the molecule is C[C@H](C(=O)NCC[NH+]1CCOCC1)[C@H]1CC[C@]2(C)Cc3sc(NC(=O)c4ccc(C[NH+]5CC[NH+](C)CC5)cc4)nc3[C@@H](C)[C@@H]2[C@H]1O. The van der Waals surface area contributed by atoms with Crippen molar-refractivity contribution in [2.24, 2.45) is 23.2 Å². The van der Waals surface area contributed by atoms with Gasteiger partial charge in [0.1, 0.15) is 45.8 Å². The molecule has 6 rings (SSSR count). The number of thiazole rings is 1. The van der Waals surface area contributed by atoms with Crippen molar-refractivity contribution in [2.45, 2.75) is 58.6 Å². The van der Waals surface area contributed by atoms with Crippen LogP contribution in [-0.4, -0.2) is 101 Å². The summed E-state index contributed by atoms with van der Waals surface area (Å²) in [6, 6.07) is 8.01. The Morgan fingerprint density at radius 3 is 2.54 bits per heavy atom. The normalized spacial score (nSPS) is 32.2. The second-order valence-electron chi connectivity index (χ2n) is 14.9. The molecule has 0 spiro atoms. The molecule has 2 aliphatic heterocycles. The fourth-order valence-electron chi connectivity index (χ4n) is 8.67. The minimum Gasteiger partial charge on any atom is -0.392 e. The van der Waals surface area contributed by atoms with E-state index in [1.54, 1.807) is 21.1 Å². The van der Waals surface area contributed by atoms with Crippen molar-refractivity contribution in [2.75, 3.05) is 77.9 Å². The third kappa shape index (κ3) is 7.34. The summed E-state index contributed by atoms with van der Waals surface area (Å²) in [6.07, 6.45) is 2.04. The van der Waals surface area contributed by atoms with Crippen LogP contribution >= 0.6 is 11.3 Å². The Balaban J connectivity index is 1.06. The van der Waals surface area contributed by atoms with Gasteiger partial charge in [0.2, 0.25) is 5.91 Å². The highest BCUT2D eigenvalue weighted by Gasteiger charge is 2.54. The van der Waals surface area contributed by atoms with E-state index >= 15 is 0 Å². The van der Waals surface area contributed by atoms with Gasteiger partial charge in [0, 0.05) is 27.8 Å². The fraction of sp³-hybridized carbons (Fsp3) is 0.686. The van der Waals surface area contributed by atoms with Crippen LogP contribution in [0.25, 0.3) is 0 Å². The van der Waals surface area contributed by atoms with Gasteiger partial charge in [-0.3, -0.25) is 14.9 Å². The van der Waals surface area contributed by atoms with Crippen molar-refractivity contribution in [1.82, 2.24) is 10.3 Å². The summed E-state index contributed by atoms with van der Waals surface area (Å²) < 4.78 is 5.44. The monoisotopic (exact) mass is 655 g/mol. The molecule has 4 aliphatic rings. The first-order valence-electron chi connectivity index (χ1n) is 17.5. The molecule has 0 bridgehead atoms. The number of carbonyl (C=O) groups excluding carboxylic acids is 2. The third-order valence-electron chi connectivity index (χ3n) is 11.7. The number of hydrogen-bond acceptors (Lipinski definition) is 6. The number of quaternary nitrogens is 3. The van der Waals surface area contributed by atoms with Crippen LogP contribution in [-0.2, 0) is 22.5 Å². The number of nitrogens with zero attached hydrogens (tertiary/aromatic N) is 1. The van der Waals surface area contributed by atoms with E-state index in [2.05, 4.69) is 43.7 Å². The van der Waals surface area contributed by atoms with E-state index in [4.69, 9.17) is 9.72 Å². The summed E-state index contributed by atoms with van der Waals surface area (Å²) in [4.78, 5) is 37.2. The smallest absolute Gasteiger partial charge is 0.257 e. The van der Waals surface area contributed by atoms with Gasteiger partial charge in [-0.15, -0.1) is 11.3 Å². The van der Waals surface area contributed by atoms with Crippen molar-refractivity contribution in [1.29, 1.82) is 0 Å². The predicted molar refractivity (Wildman–Crippen MR) is 179 cm³/mol. The molecule has 0 unspecified atom stereocenters. The minimum absolute atomic E-state index is 0.00818. The van der Waals surface area contributed by atoms with Gasteiger partial charge in [-0.05, 0) is 48.6 Å². The molecule has 6 atom stereocenters. The third-order valence-corrected chi connectivity index (χ3v) is 12.6. The van der Waals surface area contributed by atoms with Gasteiger partial charge in [-0.2, -0.15) is 0 Å². The number of aliphatic hydroxyl groups excluding tert-OH is 1. The van der Waals surface area contributed by atoms with E-state index < -0.39 is 6.10 Å². The molecule has 3 heterocycles. The first-order valence-corrected chi connectivity index (χ1v) is 18.3. The van der Waals surface area contributed by atoms with Gasteiger partial charge in [-0.1, -0.05) is 32.9 Å². The number of amides is 2. The van der Waals surface area contributed by atoms with E-state index in [-0.39, 0.29) is 40.9 Å². The molecule has 2 aliphatic carbocycles. The second-order valence-corrected chi connectivity index (χ2v) is 16.0. The molecule has 1 saturated carbocycles. The van der Waals surface area contributed by atoms with Gasteiger partial charge < -0.3 is 29.9 Å². The predicted octanol–water partition coefficient (Wildman–Crippen LogP) is -0.971. The quantitative estimate of drug-likeness (QED) is 0.208. The summed E-state index contributed by atoms with van der Waals surface area (Å²) in [7, 11) is 2.26. The van der Waals surface area contributed by atoms with Gasteiger partial charge in [0.05, 0.1) is 45.1 Å². The number of likely N-dealkylation sites (N-methyl/N-ethyl adjacent to an activating group) is 1. The number of carbonyl (C=O) groups is 2. The topological polar surface area (TPSA) is 114 Å². The van der Waals surface area contributed by atoms with Crippen molar-refractivity contribution in [3.05, 3.63) is 46.0 Å². The van der Waals surface area contributed by atoms with Crippen molar-refractivity contribution >= 4 is 28.3 Å². The summed E-state index contributed by atoms with van der Waals surface area (Å²) in [5.41, 5.74) is 2.81. The number of aliphatic hydroxyl groups is 1. The molecule has 0 radical (unpaired) electrons. The molecule has 46 heavy (non-hydrogen) atoms.